The van der Waals surface area contributed by atoms with Gasteiger partial charge in [-0.15, -0.1) is 0 Å². The van der Waals surface area contributed by atoms with Gasteiger partial charge in [0.1, 0.15) is 5.69 Å². The lowest BCUT2D eigenvalue weighted by atomic mass is 10.3. The van der Waals surface area contributed by atoms with Gasteiger partial charge < -0.3 is 11.1 Å². The maximum absolute atomic E-state index is 11.7. The van der Waals surface area contributed by atoms with Crippen LogP contribution in [0.5, 0.6) is 0 Å². The first kappa shape index (κ1) is 10.1. The van der Waals surface area contributed by atoms with Gasteiger partial charge in [-0.05, 0) is 24.3 Å². The molecule has 16 heavy (non-hydrogen) atoms. The molecule has 1 amide bonds. The van der Waals surface area contributed by atoms with E-state index in [-0.39, 0.29) is 11.6 Å². The Hall–Kier alpha value is -2.43. The summed E-state index contributed by atoms with van der Waals surface area (Å²) in [6.45, 7) is 0. The number of nitrogen functional groups attached to an aromatic ring is 1. The van der Waals surface area contributed by atoms with Crippen LogP contribution in [0.1, 0.15) is 10.5 Å². The first-order valence-corrected chi connectivity index (χ1v) is 4.68. The van der Waals surface area contributed by atoms with Gasteiger partial charge in [-0.3, -0.25) is 14.8 Å². The summed E-state index contributed by atoms with van der Waals surface area (Å²) >= 11 is 0. The Morgan fingerprint density at radius 2 is 1.94 bits per heavy atom. The van der Waals surface area contributed by atoms with E-state index in [1.54, 1.807) is 30.6 Å². The number of hydrogen-bond acceptors (Lipinski definition) is 4. The minimum absolute atomic E-state index is 0.289. The Balaban J connectivity index is 2.15. The minimum atomic E-state index is -0.293. The van der Waals surface area contributed by atoms with E-state index in [4.69, 9.17) is 5.73 Å². The van der Waals surface area contributed by atoms with Crippen molar-refractivity contribution in [2.24, 2.45) is 0 Å². The zero-order valence-electron chi connectivity index (χ0n) is 8.42. The molecule has 0 atom stereocenters. The second-order valence-electron chi connectivity index (χ2n) is 3.16. The van der Waals surface area contributed by atoms with Crippen LogP contribution in [-0.4, -0.2) is 15.9 Å². The highest BCUT2D eigenvalue weighted by atomic mass is 16.1. The molecular weight excluding hydrogens is 204 g/mol. The van der Waals surface area contributed by atoms with E-state index in [1.807, 2.05) is 0 Å². The predicted octanol–water partition coefficient (Wildman–Crippen LogP) is 1.31. The van der Waals surface area contributed by atoms with Crippen LogP contribution in [0.15, 0.2) is 42.9 Å². The van der Waals surface area contributed by atoms with E-state index in [0.717, 1.165) is 0 Å². The number of nitrogens with zero attached hydrogens (tertiary/aromatic N) is 2. The average Bonchev–Trinajstić information content (AvgIpc) is 2.30. The minimum Gasteiger partial charge on any atom is -0.399 e. The summed E-state index contributed by atoms with van der Waals surface area (Å²) < 4.78 is 0. The van der Waals surface area contributed by atoms with Crippen LogP contribution >= 0.6 is 0 Å². The highest BCUT2D eigenvalue weighted by molar-refractivity contribution is 6.03. The molecule has 2 rings (SSSR count). The van der Waals surface area contributed by atoms with E-state index >= 15 is 0 Å². The number of rotatable bonds is 2. The Morgan fingerprint density at radius 3 is 2.62 bits per heavy atom. The van der Waals surface area contributed by atoms with Crippen LogP contribution in [0, 0.1) is 0 Å². The van der Waals surface area contributed by atoms with Crippen molar-refractivity contribution in [2.45, 2.75) is 0 Å². The van der Waals surface area contributed by atoms with Crippen molar-refractivity contribution in [2.75, 3.05) is 11.1 Å². The molecule has 0 aromatic carbocycles. The number of amides is 1. The van der Waals surface area contributed by atoms with Crippen LogP contribution in [0.25, 0.3) is 0 Å². The monoisotopic (exact) mass is 214 g/mol. The van der Waals surface area contributed by atoms with E-state index < -0.39 is 0 Å². The van der Waals surface area contributed by atoms with Crippen LogP contribution in [-0.2, 0) is 0 Å². The normalized spacial score (nSPS) is 9.75. The van der Waals surface area contributed by atoms with Crippen molar-refractivity contribution in [3.63, 3.8) is 0 Å². The molecule has 0 aliphatic heterocycles. The molecule has 2 aromatic rings. The molecule has 0 radical (unpaired) electrons. The zero-order chi connectivity index (χ0) is 11.4. The number of nitrogens with two attached hydrogens (primary N) is 1. The number of aromatic nitrogens is 2. The van der Waals surface area contributed by atoms with Crippen molar-refractivity contribution >= 4 is 17.3 Å². The molecule has 0 aliphatic carbocycles. The maximum atomic E-state index is 11.7. The lowest BCUT2D eigenvalue weighted by Gasteiger charge is -2.04. The molecule has 0 fully saturated rings. The van der Waals surface area contributed by atoms with Gasteiger partial charge in [0.15, 0.2) is 0 Å². The van der Waals surface area contributed by atoms with Crippen LogP contribution in [0.3, 0.4) is 0 Å². The Labute approximate surface area is 92.3 Å². The van der Waals surface area contributed by atoms with Crippen LogP contribution < -0.4 is 11.1 Å². The molecule has 5 nitrogen and oxygen atoms in total. The second kappa shape index (κ2) is 4.39. The van der Waals surface area contributed by atoms with Gasteiger partial charge in [0.05, 0.1) is 0 Å². The summed E-state index contributed by atoms with van der Waals surface area (Å²) in [5.74, 6) is -0.293. The molecule has 2 aromatic heterocycles. The summed E-state index contributed by atoms with van der Waals surface area (Å²) in [5.41, 5.74) is 7.03. The molecule has 5 heteroatoms. The maximum Gasteiger partial charge on any atom is 0.274 e. The average molecular weight is 214 g/mol. The fourth-order valence-corrected chi connectivity index (χ4v) is 1.20. The lowest BCUT2D eigenvalue weighted by molar-refractivity contribution is 0.102. The second-order valence-corrected chi connectivity index (χ2v) is 3.16. The highest BCUT2D eigenvalue weighted by Crippen LogP contribution is 2.08. The molecule has 3 N–H and O–H groups in total. The first-order valence-electron chi connectivity index (χ1n) is 4.68. The molecule has 2 heterocycles. The van der Waals surface area contributed by atoms with Gasteiger partial charge >= 0.3 is 0 Å². The molecule has 0 aliphatic rings. The van der Waals surface area contributed by atoms with Crippen molar-refractivity contribution < 1.29 is 4.79 Å². The van der Waals surface area contributed by atoms with Gasteiger partial charge in [0, 0.05) is 30.0 Å². The topological polar surface area (TPSA) is 80.9 Å². The Bertz CT molecular complexity index is 498. The zero-order valence-corrected chi connectivity index (χ0v) is 8.42. The number of carbonyl (C=O) groups excluding carboxylic acids is 1. The largest absolute Gasteiger partial charge is 0.399 e. The van der Waals surface area contributed by atoms with Crippen molar-refractivity contribution in [3.05, 3.63) is 48.5 Å². The lowest BCUT2D eigenvalue weighted by Crippen LogP contribution is -2.13. The molecule has 0 saturated heterocycles. The Kier molecular flexibility index (Phi) is 2.77. The van der Waals surface area contributed by atoms with Crippen LogP contribution in [0.2, 0.25) is 0 Å². The standard InChI is InChI=1S/C11H10N4O/c12-8-1-6-14-10(7-8)11(16)15-9-2-4-13-5-3-9/h1-7H,(H2,12,14)(H,13,15,16). The summed E-state index contributed by atoms with van der Waals surface area (Å²) in [6, 6.07) is 6.55. The number of anilines is 2. The van der Waals surface area contributed by atoms with E-state index in [2.05, 4.69) is 15.3 Å². The third-order valence-corrected chi connectivity index (χ3v) is 1.95. The quantitative estimate of drug-likeness (QED) is 0.789. The van der Waals surface area contributed by atoms with Gasteiger partial charge in [-0.2, -0.15) is 0 Å². The molecule has 80 valence electrons. The van der Waals surface area contributed by atoms with E-state index in [1.165, 1.54) is 12.3 Å². The highest BCUT2D eigenvalue weighted by Gasteiger charge is 2.07. The smallest absolute Gasteiger partial charge is 0.274 e. The molecule has 0 unspecified atom stereocenters. The summed E-state index contributed by atoms with van der Waals surface area (Å²) in [6.07, 6.45) is 4.70. The molecule has 0 spiro atoms. The summed E-state index contributed by atoms with van der Waals surface area (Å²) in [7, 11) is 0. The third-order valence-electron chi connectivity index (χ3n) is 1.95. The van der Waals surface area contributed by atoms with Crippen molar-refractivity contribution in [1.29, 1.82) is 0 Å². The van der Waals surface area contributed by atoms with E-state index in [0.29, 0.717) is 11.4 Å². The predicted molar refractivity (Wildman–Crippen MR) is 60.8 cm³/mol. The fourth-order valence-electron chi connectivity index (χ4n) is 1.20. The van der Waals surface area contributed by atoms with Crippen molar-refractivity contribution in [3.8, 4) is 0 Å². The number of hydrogen-bond donors (Lipinski definition) is 2. The number of nitrogens with one attached hydrogen (secondary N) is 1. The van der Waals surface area contributed by atoms with Gasteiger partial charge in [-0.25, -0.2) is 0 Å². The molecular formula is C11H10N4O. The SMILES string of the molecule is Nc1ccnc(C(=O)Nc2ccncc2)c1. The van der Waals surface area contributed by atoms with Gasteiger partial charge in [0.2, 0.25) is 0 Å². The number of pyridine rings is 2. The summed E-state index contributed by atoms with van der Waals surface area (Å²) in [5, 5.41) is 2.69. The summed E-state index contributed by atoms with van der Waals surface area (Å²) in [4.78, 5) is 19.5. The Morgan fingerprint density at radius 1 is 1.19 bits per heavy atom. The fraction of sp³-hybridized carbons (Fsp3) is 0. The van der Waals surface area contributed by atoms with E-state index in [9.17, 15) is 4.79 Å². The third kappa shape index (κ3) is 2.33. The molecule has 0 saturated carbocycles. The van der Waals surface area contributed by atoms with Gasteiger partial charge in [0.25, 0.3) is 5.91 Å². The van der Waals surface area contributed by atoms with Crippen LogP contribution in [0.4, 0.5) is 11.4 Å². The first-order chi connectivity index (χ1) is 7.75. The number of carbonyl (C=O) groups is 1. The van der Waals surface area contributed by atoms with Gasteiger partial charge in [-0.1, -0.05) is 0 Å². The molecule has 0 bridgehead atoms. The van der Waals surface area contributed by atoms with Crippen molar-refractivity contribution in [1.82, 2.24) is 9.97 Å².